The van der Waals surface area contributed by atoms with Crippen LogP contribution in [0.2, 0.25) is 0 Å². The summed E-state index contributed by atoms with van der Waals surface area (Å²) in [5.41, 5.74) is 5.31. The molecule has 0 aromatic carbocycles. The molecule has 0 spiro atoms. The Morgan fingerprint density at radius 3 is 2.50 bits per heavy atom. The van der Waals surface area contributed by atoms with Crippen LogP contribution >= 0.6 is 11.8 Å². The summed E-state index contributed by atoms with van der Waals surface area (Å²) in [6.07, 6.45) is 0.839. The fourth-order valence-corrected chi connectivity index (χ4v) is 2.14. The van der Waals surface area contributed by atoms with Crippen LogP contribution < -0.4 is 11.1 Å². The van der Waals surface area contributed by atoms with Gasteiger partial charge in [-0.05, 0) is 25.5 Å². The molecule has 0 rings (SSSR count). The first-order valence-electron chi connectivity index (χ1n) is 6.48. The summed E-state index contributed by atoms with van der Waals surface area (Å²) in [5.74, 6) is -1.36. The quantitative estimate of drug-likeness (QED) is 0.393. The fourth-order valence-electron chi connectivity index (χ4n) is 1.25. The summed E-state index contributed by atoms with van der Waals surface area (Å²) in [6, 6.07) is -1.08. The molecule has 0 aromatic rings. The lowest BCUT2D eigenvalue weighted by Gasteiger charge is -2.16. The summed E-state index contributed by atoms with van der Waals surface area (Å²) >= 11 is 1.28. The van der Waals surface area contributed by atoms with Crippen molar-refractivity contribution in [1.82, 2.24) is 5.32 Å². The molecule has 7 nitrogen and oxygen atoms in total. The molecule has 0 aliphatic heterocycles. The van der Waals surface area contributed by atoms with Crippen LogP contribution in [0.15, 0.2) is 0 Å². The highest BCUT2D eigenvalue weighted by molar-refractivity contribution is 8.00. The van der Waals surface area contributed by atoms with Gasteiger partial charge in [-0.25, -0.2) is 4.79 Å². The molecule has 0 heterocycles. The van der Waals surface area contributed by atoms with Crippen LogP contribution in [-0.4, -0.2) is 46.7 Å². The van der Waals surface area contributed by atoms with Crippen molar-refractivity contribution in [2.45, 2.75) is 44.5 Å². The van der Waals surface area contributed by atoms with Crippen molar-refractivity contribution in [2.24, 2.45) is 5.73 Å². The third-order valence-electron chi connectivity index (χ3n) is 2.28. The number of amides is 1. The lowest BCUT2D eigenvalue weighted by Crippen LogP contribution is -2.40. The van der Waals surface area contributed by atoms with Crippen LogP contribution in [0.5, 0.6) is 0 Å². The molecule has 1 amide bonds. The highest BCUT2D eigenvalue weighted by Crippen LogP contribution is 2.12. The van der Waals surface area contributed by atoms with Gasteiger partial charge >= 0.3 is 11.9 Å². The van der Waals surface area contributed by atoms with Crippen LogP contribution in [0.4, 0.5) is 0 Å². The maximum absolute atomic E-state index is 11.7. The van der Waals surface area contributed by atoms with Crippen LogP contribution in [0.1, 0.15) is 33.1 Å². The normalized spacial score (nSPS) is 13.3. The van der Waals surface area contributed by atoms with Crippen LogP contribution in [-0.2, 0) is 19.1 Å². The molecule has 4 N–H and O–H groups in total. The second-order valence-corrected chi connectivity index (χ2v) is 5.27. The number of thioether (sulfide) groups is 1. The Kier molecular flexibility index (Phi) is 9.83. The van der Waals surface area contributed by atoms with Gasteiger partial charge in [0.25, 0.3) is 0 Å². The van der Waals surface area contributed by atoms with Crippen molar-refractivity contribution in [3.63, 3.8) is 0 Å². The van der Waals surface area contributed by atoms with Gasteiger partial charge in [0.2, 0.25) is 5.91 Å². The lowest BCUT2D eigenvalue weighted by atomic mass is 10.1. The number of rotatable bonds is 10. The predicted octanol–water partition coefficient (Wildman–Crippen LogP) is 0.327. The molecule has 0 radical (unpaired) electrons. The topological polar surface area (TPSA) is 119 Å². The molecule has 0 fully saturated rings. The number of carbonyl (C=O) groups is 3. The zero-order chi connectivity index (χ0) is 15.5. The molecule has 0 aliphatic rings. The highest BCUT2D eigenvalue weighted by Gasteiger charge is 2.22. The largest absolute Gasteiger partial charge is 0.480 e. The number of aliphatic carboxylic acids is 1. The molecule has 0 unspecified atom stereocenters. The monoisotopic (exact) mass is 306 g/mol. The van der Waals surface area contributed by atoms with Gasteiger partial charge in [-0.15, -0.1) is 11.8 Å². The van der Waals surface area contributed by atoms with E-state index in [1.165, 1.54) is 11.8 Å². The fraction of sp³-hybridized carbons (Fsp3) is 0.750. The zero-order valence-electron chi connectivity index (χ0n) is 11.8. The minimum atomic E-state index is -1.15. The molecule has 8 heteroatoms. The van der Waals surface area contributed by atoms with E-state index in [9.17, 15) is 14.4 Å². The Morgan fingerprint density at radius 1 is 1.35 bits per heavy atom. The van der Waals surface area contributed by atoms with E-state index in [0.29, 0.717) is 5.75 Å². The van der Waals surface area contributed by atoms with E-state index in [1.807, 2.05) is 6.92 Å². The smallest absolute Gasteiger partial charge is 0.339 e. The maximum atomic E-state index is 11.7. The van der Waals surface area contributed by atoms with E-state index in [4.69, 9.17) is 15.6 Å². The molecule has 0 bridgehead atoms. The highest BCUT2D eigenvalue weighted by atomic mass is 32.2. The SMILES string of the molecule is CCCS[C@H](NC(=O)CC[C@H](N)C(=O)O)C(=O)OCC. The maximum Gasteiger partial charge on any atom is 0.339 e. The molecule has 0 saturated carbocycles. The van der Waals surface area contributed by atoms with Gasteiger partial charge in [-0.2, -0.15) is 0 Å². The first-order valence-corrected chi connectivity index (χ1v) is 7.53. The van der Waals surface area contributed by atoms with E-state index >= 15 is 0 Å². The molecular weight excluding hydrogens is 284 g/mol. The van der Waals surface area contributed by atoms with Gasteiger partial charge in [0.05, 0.1) is 6.61 Å². The van der Waals surface area contributed by atoms with Crippen molar-refractivity contribution in [3.05, 3.63) is 0 Å². The summed E-state index contributed by atoms with van der Waals surface area (Å²) in [5, 5.41) is 10.4. The Labute approximate surface area is 122 Å². The van der Waals surface area contributed by atoms with Gasteiger partial charge in [-0.3, -0.25) is 9.59 Å². The molecule has 0 aromatic heterocycles. The third kappa shape index (κ3) is 8.00. The van der Waals surface area contributed by atoms with Crippen molar-refractivity contribution < 1.29 is 24.2 Å². The summed E-state index contributed by atoms with van der Waals surface area (Å²) in [6.45, 7) is 3.89. The Bertz CT molecular complexity index is 338. The standard InChI is InChI=1S/C12H22N2O5S/c1-3-7-20-10(12(18)19-4-2)14-9(15)6-5-8(13)11(16)17/h8,10H,3-7,13H2,1-2H3,(H,14,15)(H,16,17)/t8-,10-/m0/s1. The minimum Gasteiger partial charge on any atom is -0.480 e. The van der Waals surface area contributed by atoms with Gasteiger partial charge in [-0.1, -0.05) is 6.92 Å². The van der Waals surface area contributed by atoms with E-state index in [-0.39, 0.29) is 19.4 Å². The first-order chi connectivity index (χ1) is 9.42. The number of carbonyl (C=O) groups excluding carboxylic acids is 2. The number of nitrogens with two attached hydrogens (primary N) is 1. The number of hydrogen-bond donors (Lipinski definition) is 3. The van der Waals surface area contributed by atoms with Crippen LogP contribution in [0, 0.1) is 0 Å². The van der Waals surface area contributed by atoms with Crippen LogP contribution in [0.25, 0.3) is 0 Å². The Hall–Kier alpha value is -1.28. The minimum absolute atomic E-state index is 0.0230. The second-order valence-electron chi connectivity index (χ2n) is 4.05. The van der Waals surface area contributed by atoms with Crippen LogP contribution in [0.3, 0.4) is 0 Å². The average molecular weight is 306 g/mol. The zero-order valence-corrected chi connectivity index (χ0v) is 12.6. The van der Waals surface area contributed by atoms with Gasteiger partial charge < -0.3 is 20.9 Å². The number of ether oxygens (including phenoxy) is 1. The second kappa shape index (κ2) is 10.5. The molecule has 20 heavy (non-hydrogen) atoms. The van der Waals surface area contributed by atoms with Crippen molar-refractivity contribution >= 4 is 29.6 Å². The molecule has 0 saturated heterocycles. The average Bonchev–Trinajstić information content (AvgIpc) is 2.40. The Balaban J connectivity index is 4.30. The molecule has 2 atom stereocenters. The summed E-state index contributed by atoms with van der Waals surface area (Å²) < 4.78 is 4.87. The van der Waals surface area contributed by atoms with E-state index in [2.05, 4.69) is 5.32 Å². The van der Waals surface area contributed by atoms with E-state index in [0.717, 1.165) is 6.42 Å². The van der Waals surface area contributed by atoms with Crippen molar-refractivity contribution in [2.75, 3.05) is 12.4 Å². The molecule has 0 aliphatic carbocycles. The Morgan fingerprint density at radius 2 is 2.00 bits per heavy atom. The summed E-state index contributed by atoms with van der Waals surface area (Å²) in [7, 11) is 0. The van der Waals surface area contributed by atoms with Gasteiger partial charge in [0, 0.05) is 6.42 Å². The molecule has 116 valence electrons. The van der Waals surface area contributed by atoms with Gasteiger partial charge in [0.1, 0.15) is 6.04 Å². The van der Waals surface area contributed by atoms with E-state index in [1.54, 1.807) is 6.92 Å². The first kappa shape index (κ1) is 18.7. The number of carboxylic acids is 1. The number of carboxylic acid groups (broad SMARTS) is 1. The predicted molar refractivity (Wildman–Crippen MR) is 76.2 cm³/mol. The number of nitrogens with one attached hydrogen (secondary N) is 1. The lowest BCUT2D eigenvalue weighted by molar-refractivity contribution is -0.145. The van der Waals surface area contributed by atoms with Crippen molar-refractivity contribution in [1.29, 1.82) is 0 Å². The summed E-state index contributed by atoms with van der Waals surface area (Å²) in [4.78, 5) is 33.9. The van der Waals surface area contributed by atoms with Gasteiger partial charge in [0.15, 0.2) is 5.37 Å². The third-order valence-corrected chi connectivity index (χ3v) is 3.57. The number of hydrogen-bond acceptors (Lipinski definition) is 6. The number of esters is 1. The van der Waals surface area contributed by atoms with E-state index < -0.39 is 29.3 Å². The van der Waals surface area contributed by atoms with Crippen molar-refractivity contribution in [3.8, 4) is 0 Å². The molecular formula is C12H22N2O5S.